The van der Waals surface area contributed by atoms with Gasteiger partial charge < -0.3 is 20.4 Å². The van der Waals surface area contributed by atoms with Crippen molar-refractivity contribution >= 4 is 6.09 Å². The Kier molecular flexibility index (Phi) is 4.72. The van der Waals surface area contributed by atoms with E-state index in [1.165, 1.54) is 0 Å². The van der Waals surface area contributed by atoms with E-state index in [9.17, 15) is 4.79 Å². The molecule has 0 aromatic carbocycles. The first-order valence-corrected chi connectivity index (χ1v) is 5.96. The highest BCUT2D eigenvalue weighted by Gasteiger charge is 2.19. The number of nitrogens with zero attached hydrogens (tertiary/aromatic N) is 2. The molecule has 1 aromatic heterocycles. The zero-order chi connectivity index (χ0) is 13.8. The molecule has 0 saturated heterocycles. The molecule has 1 aromatic rings. The summed E-state index contributed by atoms with van der Waals surface area (Å²) < 4.78 is 7.04. The Hall–Kier alpha value is -1.56. The predicted molar refractivity (Wildman–Crippen MR) is 69.1 cm³/mol. The predicted octanol–water partition coefficient (Wildman–Crippen LogP) is 0.815. The van der Waals surface area contributed by atoms with Gasteiger partial charge in [0.25, 0.3) is 0 Å². The van der Waals surface area contributed by atoms with Gasteiger partial charge in [-0.25, -0.2) is 9.78 Å². The van der Waals surface area contributed by atoms with Crippen molar-refractivity contribution in [2.24, 2.45) is 12.8 Å². The van der Waals surface area contributed by atoms with E-state index in [0.717, 1.165) is 5.69 Å². The Morgan fingerprint density at radius 3 is 2.72 bits per heavy atom. The molecule has 0 fully saturated rings. The van der Waals surface area contributed by atoms with Gasteiger partial charge in [0.15, 0.2) is 0 Å². The maximum Gasteiger partial charge on any atom is 0.407 e. The number of rotatable bonds is 4. The number of hydrogen-bond acceptors (Lipinski definition) is 4. The first-order chi connectivity index (χ1) is 8.30. The molecule has 1 unspecified atom stereocenters. The van der Waals surface area contributed by atoms with Crippen LogP contribution in [-0.2, 0) is 18.2 Å². The Labute approximate surface area is 108 Å². The number of ether oxygens (including phenoxy) is 1. The number of imidazole rings is 1. The van der Waals surface area contributed by atoms with Gasteiger partial charge in [0, 0.05) is 32.3 Å². The van der Waals surface area contributed by atoms with Crippen molar-refractivity contribution in [2.75, 3.05) is 6.54 Å². The van der Waals surface area contributed by atoms with Crippen LogP contribution in [0.2, 0.25) is 0 Å². The Morgan fingerprint density at radius 2 is 2.28 bits per heavy atom. The fourth-order valence-corrected chi connectivity index (χ4v) is 1.49. The molecule has 3 N–H and O–H groups in total. The lowest BCUT2D eigenvalue weighted by Gasteiger charge is -2.22. The number of carbonyl (C=O) groups is 1. The molecule has 0 radical (unpaired) electrons. The van der Waals surface area contributed by atoms with E-state index in [0.29, 0.717) is 13.0 Å². The molecule has 0 aliphatic carbocycles. The third kappa shape index (κ3) is 5.18. The SMILES string of the molecule is Cn1cnc(CC(CN)NC(=O)OC(C)(C)C)c1. The second-order valence-electron chi connectivity index (χ2n) is 5.31. The molecule has 0 spiro atoms. The minimum atomic E-state index is -0.506. The zero-order valence-corrected chi connectivity index (χ0v) is 11.4. The summed E-state index contributed by atoms with van der Waals surface area (Å²) in [5, 5.41) is 2.75. The summed E-state index contributed by atoms with van der Waals surface area (Å²) in [5.74, 6) is 0. The fraction of sp³-hybridized carbons (Fsp3) is 0.667. The molecule has 1 atom stereocenters. The van der Waals surface area contributed by atoms with Gasteiger partial charge in [-0.2, -0.15) is 0 Å². The molecule has 0 aliphatic heterocycles. The van der Waals surface area contributed by atoms with Gasteiger partial charge >= 0.3 is 6.09 Å². The summed E-state index contributed by atoms with van der Waals surface area (Å²) in [5.41, 5.74) is 6.02. The van der Waals surface area contributed by atoms with Crippen LogP contribution in [0.15, 0.2) is 12.5 Å². The van der Waals surface area contributed by atoms with E-state index in [-0.39, 0.29) is 6.04 Å². The molecule has 18 heavy (non-hydrogen) atoms. The average molecular weight is 254 g/mol. The molecule has 0 aliphatic rings. The van der Waals surface area contributed by atoms with E-state index in [1.54, 1.807) is 6.33 Å². The quantitative estimate of drug-likeness (QED) is 0.833. The topological polar surface area (TPSA) is 82.2 Å². The highest BCUT2D eigenvalue weighted by Crippen LogP contribution is 2.07. The Morgan fingerprint density at radius 1 is 1.61 bits per heavy atom. The fourth-order valence-electron chi connectivity index (χ4n) is 1.49. The van der Waals surface area contributed by atoms with Crippen molar-refractivity contribution in [3.8, 4) is 0 Å². The van der Waals surface area contributed by atoms with E-state index in [1.807, 2.05) is 38.6 Å². The van der Waals surface area contributed by atoms with Crippen LogP contribution in [0.4, 0.5) is 4.79 Å². The molecule has 1 amide bonds. The van der Waals surface area contributed by atoms with E-state index >= 15 is 0 Å². The molecule has 102 valence electrons. The third-order valence-electron chi connectivity index (χ3n) is 2.22. The van der Waals surface area contributed by atoms with Gasteiger partial charge in [0.05, 0.1) is 12.0 Å². The van der Waals surface area contributed by atoms with Gasteiger partial charge in [-0.1, -0.05) is 0 Å². The Bertz CT molecular complexity index is 395. The number of aromatic nitrogens is 2. The average Bonchev–Trinajstić information content (AvgIpc) is 2.60. The molecule has 1 rings (SSSR count). The van der Waals surface area contributed by atoms with E-state index in [2.05, 4.69) is 10.3 Å². The molecule has 6 nitrogen and oxygen atoms in total. The summed E-state index contributed by atoms with van der Waals surface area (Å²) in [7, 11) is 1.90. The van der Waals surface area contributed by atoms with Gasteiger partial charge in [0.2, 0.25) is 0 Å². The van der Waals surface area contributed by atoms with E-state index in [4.69, 9.17) is 10.5 Å². The monoisotopic (exact) mass is 254 g/mol. The molecule has 0 bridgehead atoms. The van der Waals surface area contributed by atoms with Crippen molar-refractivity contribution < 1.29 is 9.53 Å². The van der Waals surface area contributed by atoms with Crippen LogP contribution in [-0.4, -0.2) is 33.8 Å². The van der Waals surface area contributed by atoms with Crippen LogP contribution >= 0.6 is 0 Å². The lowest BCUT2D eigenvalue weighted by atomic mass is 10.1. The minimum absolute atomic E-state index is 0.172. The molecule has 6 heteroatoms. The van der Waals surface area contributed by atoms with Crippen LogP contribution in [0.5, 0.6) is 0 Å². The summed E-state index contributed by atoms with van der Waals surface area (Å²) in [6, 6.07) is -0.172. The van der Waals surface area contributed by atoms with E-state index < -0.39 is 11.7 Å². The maximum atomic E-state index is 11.6. The van der Waals surface area contributed by atoms with Gasteiger partial charge in [-0.05, 0) is 20.8 Å². The van der Waals surface area contributed by atoms with Crippen LogP contribution in [0.25, 0.3) is 0 Å². The first-order valence-electron chi connectivity index (χ1n) is 5.96. The maximum absolute atomic E-state index is 11.6. The van der Waals surface area contributed by atoms with Crippen LogP contribution in [0, 0.1) is 0 Å². The normalized spacial score (nSPS) is 13.2. The number of hydrogen-bond donors (Lipinski definition) is 2. The number of nitrogens with two attached hydrogens (primary N) is 1. The summed E-state index contributed by atoms with van der Waals surface area (Å²) >= 11 is 0. The van der Waals surface area contributed by atoms with Crippen molar-refractivity contribution in [3.63, 3.8) is 0 Å². The van der Waals surface area contributed by atoms with Crippen molar-refractivity contribution in [1.29, 1.82) is 0 Å². The number of alkyl carbamates (subject to hydrolysis) is 1. The highest BCUT2D eigenvalue weighted by molar-refractivity contribution is 5.68. The lowest BCUT2D eigenvalue weighted by Crippen LogP contribution is -2.44. The number of carbonyl (C=O) groups excluding carboxylic acids is 1. The van der Waals surface area contributed by atoms with Crippen LogP contribution < -0.4 is 11.1 Å². The molecular weight excluding hydrogens is 232 g/mol. The highest BCUT2D eigenvalue weighted by atomic mass is 16.6. The van der Waals surface area contributed by atoms with Crippen molar-refractivity contribution in [1.82, 2.24) is 14.9 Å². The van der Waals surface area contributed by atoms with Gasteiger partial charge in [-0.3, -0.25) is 0 Å². The van der Waals surface area contributed by atoms with Gasteiger partial charge in [0.1, 0.15) is 5.60 Å². The number of amides is 1. The smallest absolute Gasteiger partial charge is 0.407 e. The minimum Gasteiger partial charge on any atom is -0.444 e. The molecule has 0 saturated carbocycles. The van der Waals surface area contributed by atoms with Crippen molar-refractivity contribution in [3.05, 3.63) is 18.2 Å². The second-order valence-corrected chi connectivity index (χ2v) is 5.31. The van der Waals surface area contributed by atoms with Crippen molar-refractivity contribution in [2.45, 2.75) is 38.8 Å². The molecule has 1 heterocycles. The third-order valence-corrected chi connectivity index (χ3v) is 2.22. The summed E-state index contributed by atoms with van der Waals surface area (Å²) in [6.45, 7) is 5.81. The summed E-state index contributed by atoms with van der Waals surface area (Å²) in [6.07, 6.45) is 3.76. The van der Waals surface area contributed by atoms with Crippen LogP contribution in [0.1, 0.15) is 26.5 Å². The zero-order valence-electron chi connectivity index (χ0n) is 11.4. The first kappa shape index (κ1) is 14.5. The summed E-state index contributed by atoms with van der Waals surface area (Å²) in [4.78, 5) is 15.8. The molecular formula is C12H22N4O2. The number of nitrogens with one attached hydrogen (secondary N) is 1. The lowest BCUT2D eigenvalue weighted by molar-refractivity contribution is 0.0506. The van der Waals surface area contributed by atoms with Crippen LogP contribution in [0.3, 0.4) is 0 Å². The van der Waals surface area contributed by atoms with Gasteiger partial charge in [-0.15, -0.1) is 0 Å². The standard InChI is InChI=1S/C12H22N4O2/c1-12(2,3)18-11(17)15-9(6-13)5-10-7-16(4)8-14-10/h7-9H,5-6,13H2,1-4H3,(H,15,17). The second kappa shape index (κ2) is 5.86. The Balaban J connectivity index is 2.49. The largest absolute Gasteiger partial charge is 0.444 e. The number of aryl methyl sites for hydroxylation is 1.